The van der Waals surface area contributed by atoms with Gasteiger partial charge in [0, 0.05) is 19.3 Å². The molecular formula is C11H18N4O. The van der Waals surface area contributed by atoms with Crippen LogP contribution in [-0.4, -0.2) is 26.0 Å². The van der Waals surface area contributed by atoms with E-state index in [1.165, 1.54) is 0 Å². The minimum absolute atomic E-state index is 0.0303. The molecule has 5 heteroatoms. The van der Waals surface area contributed by atoms with Gasteiger partial charge in [0.1, 0.15) is 0 Å². The first-order valence-electron chi connectivity index (χ1n) is 5.19. The number of nitrogens with one attached hydrogen (secondary N) is 1. The molecule has 1 rings (SSSR count). The largest absolute Gasteiger partial charge is 0.397 e. The van der Waals surface area contributed by atoms with Crippen LogP contribution in [0.5, 0.6) is 0 Å². The molecule has 0 aliphatic carbocycles. The summed E-state index contributed by atoms with van der Waals surface area (Å²) in [5, 5.41) is 2.59. The lowest BCUT2D eigenvalue weighted by Crippen LogP contribution is -2.35. The van der Waals surface area contributed by atoms with Gasteiger partial charge in [0.2, 0.25) is 5.91 Å². The van der Waals surface area contributed by atoms with Crippen LogP contribution in [0, 0.1) is 0 Å². The predicted octanol–water partition coefficient (Wildman–Crippen LogP) is 0.423. The van der Waals surface area contributed by atoms with Gasteiger partial charge >= 0.3 is 0 Å². The number of amides is 1. The fourth-order valence-electron chi connectivity index (χ4n) is 1.40. The number of hydrogen-bond acceptors (Lipinski definition) is 4. The highest BCUT2D eigenvalue weighted by atomic mass is 16.1. The van der Waals surface area contributed by atoms with Crippen LogP contribution in [-0.2, 0) is 4.79 Å². The second-order valence-electron chi connectivity index (χ2n) is 3.50. The summed E-state index contributed by atoms with van der Waals surface area (Å²) in [5.41, 5.74) is 13.4. The number of nitrogens with zero attached hydrogens (tertiary/aromatic N) is 1. The van der Waals surface area contributed by atoms with Crippen molar-refractivity contribution in [2.24, 2.45) is 0 Å². The van der Waals surface area contributed by atoms with Crippen LogP contribution in [0.15, 0.2) is 18.2 Å². The van der Waals surface area contributed by atoms with Crippen LogP contribution < -0.4 is 21.7 Å². The minimum atomic E-state index is -0.0303. The molecule has 0 saturated carbocycles. The molecule has 88 valence electrons. The van der Waals surface area contributed by atoms with Crippen molar-refractivity contribution in [3.63, 3.8) is 0 Å². The maximum absolute atomic E-state index is 11.3. The van der Waals surface area contributed by atoms with Gasteiger partial charge in [0.25, 0.3) is 0 Å². The van der Waals surface area contributed by atoms with Crippen LogP contribution in [0.1, 0.15) is 6.92 Å². The van der Waals surface area contributed by atoms with E-state index >= 15 is 0 Å². The average molecular weight is 222 g/mol. The van der Waals surface area contributed by atoms with Crippen LogP contribution in [0.4, 0.5) is 17.1 Å². The number of nitrogens with two attached hydrogens (primary N) is 2. The second-order valence-corrected chi connectivity index (χ2v) is 3.50. The highest BCUT2D eigenvalue weighted by Crippen LogP contribution is 2.22. The van der Waals surface area contributed by atoms with Gasteiger partial charge in [0.05, 0.1) is 17.9 Å². The molecule has 0 spiro atoms. The summed E-state index contributed by atoms with van der Waals surface area (Å²) in [7, 11) is 1.62. The van der Waals surface area contributed by atoms with Gasteiger partial charge in [-0.05, 0) is 25.1 Å². The number of carbonyl (C=O) groups excluding carboxylic acids is 1. The number of anilines is 3. The Morgan fingerprint density at radius 1 is 1.38 bits per heavy atom. The molecule has 5 nitrogen and oxygen atoms in total. The van der Waals surface area contributed by atoms with Crippen molar-refractivity contribution in [1.29, 1.82) is 0 Å². The Morgan fingerprint density at radius 2 is 2.06 bits per heavy atom. The third kappa shape index (κ3) is 2.79. The average Bonchev–Trinajstić information content (AvgIpc) is 2.29. The fourth-order valence-corrected chi connectivity index (χ4v) is 1.40. The van der Waals surface area contributed by atoms with E-state index in [1.807, 2.05) is 17.9 Å². The fraction of sp³-hybridized carbons (Fsp3) is 0.364. The molecule has 0 unspecified atom stereocenters. The number of hydrogen-bond donors (Lipinski definition) is 3. The first-order chi connectivity index (χ1) is 7.58. The van der Waals surface area contributed by atoms with Crippen molar-refractivity contribution >= 4 is 23.0 Å². The Bertz CT molecular complexity index is 378. The van der Waals surface area contributed by atoms with Gasteiger partial charge in [-0.2, -0.15) is 0 Å². The SMILES string of the molecule is CCN(CC(=O)NC)c1ccc(N)c(N)c1. The third-order valence-electron chi connectivity index (χ3n) is 2.43. The summed E-state index contributed by atoms with van der Waals surface area (Å²) in [5.74, 6) is -0.0303. The first-order valence-corrected chi connectivity index (χ1v) is 5.19. The van der Waals surface area contributed by atoms with E-state index in [4.69, 9.17) is 11.5 Å². The lowest BCUT2D eigenvalue weighted by Gasteiger charge is -2.22. The minimum Gasteiger partial charge on any atom is -0.397 e. The Labute approximate surface area is 95.4 Å². The van der Waals surface area contributed by atoms with E-state index in [0.29, 0.717) is 17.9 Å². The van der Waals surface area contributed by atoms with Crippen molar-refractivity contribution in [2.75, 3.05) is 36.5 Å². The molecule has 0 aliphatic rings. The van der Waals surface area contributed by atoms with E-state index in [1.54, 1.807) is 19.2 Å². The summed E-state index contributed by atoms with van der Waals surface area (Å²) in [6, 6.07) is 5.39. The van der Waals surface area contributed by atoms with Crippen molar-refractivity contribution in [1.82, 2.24) is 5.32 Å². The molecule has 1 amide bonds. The molecule has 0 atom stereocenters. The monoisotopic (exact) mass is 222 g/mol. The molecule has 0 fully saturated rings. The summed E-state index contributed by atoms with van der Waals surface area (Å²) in [6.07, 6.45) is 0. The van der Waals surface area contributed by atoms with E-state index in [9.17, 15) is 4.79 Å². The highest BCUT2D eigenvalue weighted by Gasteiger charge is 2.09. The maximum atomic E-state index is 11.3. The van der Waals surface area contributed by atoms with E-state index in [-0.39, 0.29) is 5.91 Å². The molecule has 0 bridgehead atoms. The molecule has 16 heavy (non-hydrogen) atoms. The van der Waals surface area contributed by atoms with Gasteiger partial charge in [-0.1, -0.05) is 0 Å². The van der Waals surface area contributed by atoms with Crippen LogP contribution in [0.25, 0.3) is 0 Å². The zero-order chi connectivity index (χ0) is 12.1. The Kier molecular flexibility index (Phi) is 3.99. The van der Waals surface area contributed by atoms with Gasteiger partial charge in [-0.25, -0.2) is 0 Å². The number of rotatable bonds is 4. The van der Waals surface area contributed by atoms with Crippen molar-refractivity contribution in [3.8, 4) is 0 Å². The van der Waals surface area contributed by atoms with Crippen molar-refractivity contribution < 1.29 is 4.79 Å². The number of nitrogen functional groups attached to an aromatic ring is 2. The lowest BCUT2D eigenvalue weighted by molar-refractivity contribution is -0.119. The number of benzene rings is 1. The molecule has 0 heterocycles. The van der Waals surface area contributed by atoms with Crippen molar-refractivity contribution in [2.45, 2.75) is 6.92 Å². The van der Waals surface area contributed by atoms with Gasteiger partial charge in [0.15, 0.2) is 0 Å². The zero-order valence-electron chi connectivity index (χ0n) is 9.66. The Morgan fingerprint density at radius 3 is 2.56 bits per heavy atom. The first kappa shape index (κ1) is 12.2. The molecule has 0 saturated heterocycles. The van der Waals surface area contributed by atoms with E-state index < -0.39 is 0 Å². The number of likely N-dealkylation sites (N-methyl/N-ethyl adjacent to an activating group) is 2. The standard InChI is InChI=1S/C11H18N4O/c1-3-15(7-11(16)14-2)8-4-5-9(12)10(13)6-8/h4-6H,3,7,12-13H2,1-2H3,(H,14,16). The zero-order valence-corrected chi connectivity index (χ0v) is 9.66. The quantitative estimate of drug-likeness (QED) is 0.645. The normalized spacial score (nSPS) is 9.88. The Balaban J connectivity index is 2.86. The summed E-state index contributed by atoms with van der Waals surface area (Å²) < 4.78 is 0. The molecule has 0 aliphatic heterocycles. The predicted molar refractivity (Wildman–Crippen MR) is 67.2 cm³/mol. The maximum Gasteiger partial charge on any atom is 0.239 e. The van der Waals surface area contributed by atoms with Gasteiger partial charge in [-0.15, -0.1) is 0 Å². The second kappa shape index (κ2) is 5.25. The smallest absolute Gasteiger partial charge is 0.239 e. The molecular weight excluding hydrogens is 204 g/mol. The molecule has 0 radical (unpaired) electrons. The Hall–Kier alpha value is -1.91. The highest BCUT2D eigenvalue weighted by molar-refractivity contribution is 5.81. The molecule has 5 N–H and O–H groups in total. The molecule has 1 aromatic carbocycles. The lowest BCUT2D eigenvalue weighted by atomic mass is 10.2. The molecule has 0 aromatic heterocycles. The number of carbonyl (C=O) groups is 1. The van der Waals surface area contributed by atoms with Gasteiger partial charge in [-0.3, -0.25) is 4.79 Å². The van der Waals surface area contributed by atoms with Crippen LogP contribution >= 0.6 is 0 Å². The van der Waals surface area contributed by atoms with E-state index in [2.05, 4.69) is 5.32 Å². The van der Waals surface area contributed by atoms with Crippen LogP contribution in [0.3, 0.4) is 0 Å². The summed E-state index contributed by atoms with van der Waals surface area (Å²) in [4.78, 5) is 13.2. The summed E-state index contributed by atoms with van der Waals surface area (Å²) in [6.45, 7) is 3.03. The topological polar surface area (TPSA) is 84.4 Å². The van der Waals surface area contributed by atoms with Gasteiger partial charge < -0.3 is 21.7 Å². The van der Waals surface area contributed by atoms with E-state index in [0.717, 1.165) is 12.2 Å². The van der Waals surface area contributed by atoms with Crippen LogP contribution in [0.2, 0.25) is 0 Å². The summed E-state index contributed by atoms with van der Waals surface area (Å²) >= 11 is 0. The third-order valence-corrected chi connectivity index (χ3v) is 2.43. The van der Waals surface area contributed by atoms with Crippen molar-refractivity contribution in [3.05, 3.63) is 18.2 Å². The molecule has 1 aromatic rings.